The summed E-state index contributed by atoms with van der Waals surface area (Å²) < 4.78 is 27.2. The molecule has 0 aliphatic carbocycles. The number of hydrogen-bond donors (Lipinski definition) is 0. The van der Waals surface area contributed by atoms with Crippen molar-refractivity contribution in [3.63, 3.8) is 0 Å². The van der Waals surface area contributed by atoms with Crippen molar-refractivity contribution in [3.8, 4) is 11.8 Å². The van der Waals surface area contributed by atoms with E-state index in [1.165, 1.54) is 19.2 Å². The smallest absolute Gasteiger partial charge is 0.262 e. The zero-order chi connectivity index (χ0) is 11.6. The highest BCUT2D eigenvalue weighted by atomic mass is 79.9. The van der Waals surface area contributed by atoms with Gasteiger partial charge in [0.15, 0.2) is 0 Å². The van der Waals surface area contributed by atoms with Crippen molar-refractivity contribution in [3.05, 3.63) is 22.2 Å². The number of rotatable bonds is 2. The highest BCUT2D eigenvalue weighted by Gasteiger charge is 2.19. The summed E-state index contributed by atoms with van der Waals surface area (Å²) in [7, 11) is 2.69. The number of methoxy groups -OCH3 is 1. The largest absolute Gasteiger partial charge is 0.495 e. The number of benzene rings is 1. The van der Waals surface area contributed by atoms with Gasteiger partial charge in [0.1, 0.15) is 17.4 Å². The van der Waals surface area contributed by atoms with E-state index in [1.807, 2.05) is 6.07 Å². The Morgan fingerprint density at radius 3 is 2.53 bits per heavy atom. The molecule has 0 aliphatic rings. The van der Waals surface area contributed by atoms with Gasteiger partial charge in [-0.25, -0.2) is 8.42 Å². The Hall–Kier alpha value is -0.770. The quantitative estimate of drug-likeness (QED) is 0.786. The molecule has 0 aromatic heterocycles. The molecule has 0 aliphatic heterocycles. The third kappa shape index (κ3) is 2.43. The molecule has 0 N–H and O–H groups in total. The van der Waals surface area contributed by atoms with Crippen LogP contribution in [0, 0.1) is 11.3 Å². The predicted molar refractivity (Wildman–Crippen MR) is 58.4 cm³/mol. The van der Waals surface area contributed by atoms with Gasteiger partial charge in [-0.15, -0.1) is 0 Å². The lowest BCUT2D eigenvalue weighted by atomic mass is 10.2. The van der Waals surface area contributed by atoms with Gasteiger partial charge in [0.2, 0.25) is 0 Å². The summed E-state index contributed by atoms with van der Waals surface area (Å²) in [6.07, 6.45) is 0. The van der Waals surface area contributed by atoms with E-state index >= 15 is 0 Å². The third-order valence-electron chi connectivity index (χ3n) is 1.66. The van der Waals surface area contributed by atoms with Crippen molar-refractivity contribution in [1.29, 1.82) is 5.26 Å². The molecular formula is C8H5BrClNO3S. The molecule has 0 heterocycles. The topological polar surface area (TPSA) is 67.2 Å². The van der Waals surface area contributed by atoms with Crippen LogP contribution in [0.5, 0.6) is 5.75 Å². The maximum atomic E-state index is 11.1. The van der Waals surface area contributed by atoms with Crippen LogP contribution in [0.4, 0.5) is 0 Å². The van der Waals surface area contributed by atoms with Gasteiger partial charge < -0.3 is 4.74 Å². The van der Waals surface area contributed by atoms with Crippen LogP contribution in [0.25, 0.3) is 0 Å². The number of hydrogen-bond acceptors (Lipinski definition) is 4. The van der Waals surface area contributed by atoms with Crippen molar-refractivity contribution in [1.82, 2.24) is 0 Å². The maximum Gasteiger partial charge on any atom is 0.262 e. The zero-order valence-electron chi connectivity index (χ0n) is 7.49. The first-order valence-electron chi connectivity index (χ1n) is 3.63. The van der Waals surface area contributed by atoms with Crippen LogP contribution in [-0.4, -0.2) is 15.5 Å². The summed E-state index contributed by atoms with van der Waals surface area (Å²) in [5.74, 6) is 0.286. The molecule has 0 spiro atoms. The molecule has 1 aromatic rings. The van der Waals surface area contributed by atoms with Crippen LogP contribution in [0.3, 0.4) is 0 Å². The number of ether oxygens (including phenoxy) is 1. The Bertz CT molecular complexity index is 536. The Morgan fingerprint density at radius 2 is 2.13 bits per heavy atom. The Kier molecular flexibility index (Phi) is 3.60. The molecule has 80 valence electrons. The van der Waals surface area contributed by atoms with E-state index in [1.54, 1.807) is 0 Å². The van der Waals surface area contributed by atoms with Gasteiger partial charge in [-0.3, -0.25) is 0 Å². The average Bonchev–Trinajstić information content (AvgIpc) is 2.15. The van der Waals surface area contributed by atoms with Gasteiger partial charge in [0, 0.05) is 10.7 Å². The lowest BCUT2D eigenvalue weighted by molar-refractivity contribution is 0.412. The monoisotopic (exact) mass is 309 g/mol. The van der Waals surface area contributed by atoms with E-state index in [4.69, 9.17) is 20.7 Å². The summed E-state index contributed by atoms with van der Waals surface area (Å²) in [4.78, 5) is -0.151. The fourth-order valence-electron chi connectivity index (χ4n) is 1.00. The predicted octanol–water partition coefficient (Wildman–Crippen LogP) is 2.26. The molecule has 15 heavy (non-hydrogen) atoms. The van der Waals surface area contributed by atoms with Crippen LogP contribution in [0.1, 0.15) is 5.56 Å². The van der Waals surface area contributed by atoms with E-state index in [-0.39, 0.29) is 20.7 Å². The minimum Gasteiger partial charge on any atom is -0.495 e. The lowest BCUT2D eigenvalue weighted by Gasteiger charge is -2.06. The van der Waals surface area contributed by atoms with Crippen LogP contribution in [0.15, 0.2) is 21.5 Å². The summed E-state index contributed by atoms with van der Waals surface area (Å²) in [5.41, 5.74) is 0.0965. The fourth-order valence-corrected chi connectivity index (χ4v) is 3.27. The Balaban J connectivity index is 3.59. The SMILES string of the molecule is COc1ccc(S(=O)(=O)Cl)c(Br)c1C#N. The van der Waals surface area contributed by atoms with Crippen molar-refractivity contribution < 1.29 is 13.2 Å². The molecule has 0 bridgehead atoms. The Morgan fingerprint density at radius 1 is 1.53 bits per heavy atom. The van der Waals surface area contributed by atoms with Gasteiger partial charge in [-0.2, -0.15) is 5.26 Å². The average molecular weight is 311 g/mol. The molecule has 1 aromatic carbocycles. The van der Waals surface area contributed by atoms with Crippen molar-refractivity contribution in [2.24, 2.45) is 0 Å². The van der Waals surface area contributed by atoms with E-state index in [0.29, 0.717) is 0 Å². The second kappa shape index (κ2) is 4.39. The molecule has 0 amide bonds. The first kappa shape index (κ1) is 12.3. The van der Waals surface area contributed by atoms with Crippen LogP contribution < -0.4 is 4.74 Å². The molecule has 4 nitrogen and oxygen atoms in total. The normalized spacial score (nSPS) is 10.8. The zero-order valence-corrected chi connectivity index (χ0v) is 10.6. The second-order valence-corrected chi connectivity index (χ2v) is 5.83. The van der Waals surface area contributed by atoms with E-state index in [2.05, 4.69) is 15.9 Å². The summed E-state index contributed by atoms with van der Waals surface area (Å²) >= 11 is 3.00. The van der Waals surface area contributed by atoms with Gasteiger partial charge in [0.05, 0.1) is 16.5 Å². The number of nitriles is 1. The molecule has 1 rings (SSSR count). The van der Waals surface area contributed by atoms with Crippen molar-refractivity contribution >= 4 is 35.7 Å². The summed E-state index contributed by atoms with van der Waals surface area (Å²) in [5, 5.41) is 8.82. The van der Waals surface area contributed by atoms with E-state index < -0.39 is 9.05 Å². The first-order chi connectivity index (χ1) is 6.91. The van der Waals surface area contributed by atoms with Gasteiger partial charge in [-0.1, -0.05) is 0 Å². The summed E-state index contributed by atoms with van der Waals surface area (Å²) in [6, 6.07) is 4.48. The molecule has 0 unspecified atom stereocenters. The molecule has 0 saturated heterocycles. The first-order valence-corrected chi connectivity index (χ1v) is 6.73. The minimum absolute atomic E-state index is 0.0965. The van der Waals surface area contributed by atoms with Gasteiger partial charge in [0.25, 0.3) is 9.05 Å². The molecule has 0 saturated carbocycles. The van der Waals surface area contributed by atoms with Crippen molar-refractivity contribution in [2.75, 3.05) is 7.11 Å². The fraction of sp³-hybridized carbons (Fsp3) is 0.125. The maximum absolute atomic E-state index is 11.1. The standard InChI is InChI=1S/C8H5BrClNO3S/c1-14-6-2-3-7(15(10,12)13)8(9)5(6)4-11/h2-3H,1H3. The van der Waals surface area contributed by atoms with Crippen molar-refractivity contribution in [2.45, 2.75) is 4.90 Å². The van der Waals surface area contributed by atoms with E-state index in [0.717, 1.165) is 0 Å². The van der Waals surface area contributed by atoms with Gasteiger partial charge >= 0.3 is 0 Å². The highest BCUT2D eigenvalue weighted by molar-refractivity contribution is 9.10. The second-order valence-electron chi connectivity index (χ2n) is 2.50. The van der Waals surface area contributed by atoms with Crippen LogP contribution >= 0.6 is 26.6 Å². The highest BCUT2D eigenvalue weighted by Crippen LogP contribution is 2.33. The Labute approximate surface area is 100.0 Å². The lowest BCUT2D eigenvalue weighted by Crippen LogP contribution is -1.97. The van der Waals surface area contributed by atoms with Crippen LogP contribution in [-0.2, 0) is 9.05 Å². The summed E-state index contributed by atoms with van der Waals surface area (Å²) in [6.45, 7) is 0. The van der Waals surface area contributed by atoms with Crippen LogP contribution in [0.2, 0.25) is 0 Å². The number of nitrogens with zero attached hydrogens (tertiary/aromatic N) is 1. The molecule has 0 atom stereocenters. The van der Waals surface area contributed by atoms with E-state index in [9.17, 15) is 8.42 Å². The molecule has 7 heteroatoms. The molecule has 0 radical (unpaired) electrons. The third-order valence-corrected chi connectivity index (χ3v) is 4.11. The molecule has 0 fully saturated rings. The molecular weight excluding hydrogens is 306 g/mol. The van der Waals surface area contributed by atoms with Gasteiger partial charge in [-0.05, 0) is 28.1 Å². The minimum atomic E-state index is -3.87. The number of halogens is 2.